The molecule has 0 aromatic heterocycles. The molecule has 138 valence electrons. The Morgan fingerprint density at radius 2 is 1.65 bits per heavy atom. The highest BCUT2D eigenvalue weighted by atomic mass is 35.5. The summed E-state index contributed by atoms with van der Waals surface area (Å²) in [6.45, 7) is 0.256. The lowest BCUT2D eigenvalue weighted by Gasteiger charge is -2.15. The first-order valence-corrected chi connectivity index (χ1v) is 8.63. The SMILES string of the molecule is COc1ccccc1NC(=O)C[NH+](C)CC(=O)Nc1ccc(Cl)c(Cl)c1. The molecule has 0 aliphatic heterocycles. The first-order chi connectivity index (χ1) is 12.4. The van der Waals surface area contributed by atoms with E-state index >= 15 is 0 Å². The van der Waals surface area contributed by atoms with Gasteiger partial charge in [0.05, 0.1) is 29.9 Å². The summed E-state index contributed by atoms with van der Waals surface area (Å²) in [5.41, 5.74) is 1.14. The molecule has 1 unspecified atom stereocenters. The molecule has 3 N–H and O–H groups in total. The minimum Gasteiger partial charge on any atom is -0.495 e. The molecule has 0 fully saturated rings. The molecular weight excluding hydrogens is 377 g/mol. The Kier molecular flexibility index (Phi) is 7.26. The van der Waals surface area contributed by atoms with E-state index in [0.717, 1.165) is 4.90 Å². The standard InChI is InChI=1S/C18H19Cl2N3O3/c1-23(10-17(24)21-12-7-8-13(19)14(20)9-12)11-18(25)22-15-5-3-4-6-16(15)26-2/h3-9H,10-11H2,1-2H3,(H,21,24)(H,22,25)/p+1. The van der Waals surface area contributed by atoms with E-state index in [2.05, 4.69) is 10.6 Å². The zero-order chi connectivity index (χ0) is 19.1. The van der Waals surface area contributed by atoms with Crippen molar-refractivity contribution in [3.63, 3.8) is 0 Å². The van der Waals surface area contributed by atoms with E-state index < -0.39 is 0 Å². The number of carbonyl (C=O) groups is 2. The van der Waals surface area contributed by atoms with Crippen LogP contribution in [0.3, 0.4) is 0 Å². The van der Waals surface area contributed by atoms with Crippen molar-refractivity contribution in [3.8, 4) is 5.75 Å². The van der Waals surface area contributed by atoms with Gasteiger partial charge < -0.3 is 20.3 Å². The number of rotatable bonds is 7. The van der Waals surface area contributed by atoms with Gasteiger partial charge in [-0.1, -0.05) is 35.3 Å². The maximum Gasteiger partial charge on any atom is 0.279 e. The maximum atomic E-state index is 12.2. The van der Waals surface area contributed by atoms with Gasteiger partial charge in [-0.15, -0.1) is 0 Å². The molecule has 1 atom stereocenters. The van der Waals surface area contributed by atoms with Crippen molar-refractivity contribution >= 4 is 46.4 Å². The minimum absolute atomic E-state index is 0.125. The highest BCUT2D eigenvalue weighted by molar-refractivity contribution is 6.42. The average Bonchev–Trinajstić information content (AvgIpc) is 2.58. The van der Waals surface area contributed by atoms with Crippen LogP contribution < -0.4 is 20.3 Å². The second-order valence-corrected chi connectivity index (χ2v) is 6.55. The van der Waals surface area contributed by atoms with E-state index in [1.165, 1.54) is 7.11 Å². The smallest absolute Gasteiger partial charge is 0.279 e. The average molecular weight is 397 g/mol. The molecule has 2 aromatic rings. The van der Waals surface area contributed by atoms with Crippen LogP contribution in [0.2, 0.25) is 10.0 Å². The van der Waals surface area contributed by atoms with Crippen LogP contribution in [0.4, 0.5) is 11.4 Å². The van der Waals surface area contributed by atoms with Crippen LogP contribution in [0.25, 0.3) is 0 Å². The van der Waals surface area contributed by atoms with Crippen molar-refractivity contribution < 1.29 is 19.2 Å². The Labute approximate surface area is 162 Å². The van der Waals surface area contributed by atoms with E-state index in [-0.39, 0.29) is 24.9 Å². The number of halogens is 2. The second-order valence-electron chi connectivity index (χ2n) is 5.74. The van der Waals surface area contributed by atoms with Crippen molar-refractivity contribution in [1.82, 2.24) is 0 Å². The third-order valence-electron chi connectivity index (χ3n) is 3.51. The molecule has 0 bridgehead atoms. The van der Waals surface area contributed by atoms with Crippen molar-refractivity contribution in [2.75, 3.05) is 37.9 Å². The lowest BCUT2D eigenvalue weighted by atomic mass is 10.3. The highest BCUT2D eigenvalue weighted by Gasteiger charge is 2.16. The number of nitrogens with one attached hydrogen (secondary N) is 3. The Hall–Kier alpha value is -2.28. The molecule has 0 spiro atoms. The van der Waals surface area contributed by atoms with E-state index in [4.69, 9.17) is 27.9 Å². The Balaban J connectivity index is 1.85. The summed E-state index contributed by atoms with van der Waals surface area (Å²) in [5.74, 6) is 0.135. The quantitative estimate of drug-likeness (QED) is 0.670. The van der Waals surface area contributed by atoms with Gasteiger partial charge in [0.15, 0.2) is 13.1 Å². The topological polar surface area (TPSA) is 71.9 Å². The summed E-state index contributed by atoms with van der Waals surface area (Å²) in [6, 6.07) is 12.0. The van der Waals surface area contributed by atoms with Crippen LogP contribution in [-0.2, 0) is 9.59 Å². The van der Waals surface area contributed by atoms with E-state index in [9.17, 15) is 9.59 Å². The number of quaternary nitrogens is 1. The number of para-hydroxylation sites is 2. The van der Waals surface area contributed by atoms with Crippen molar-refractivity contribution in [2.45, 2.75) is 0 Å². The number of hydrogen-bond donors (Lipinski definition) is 3. The van der Waals surface area contributed by atoms with Crippen LogP contribution in [-0.4, -0.2) is 39.1 Å². The van der Waals surface area contributed by atoms with Crippen LogP contribution in [0.15, 0.2) is 42.5 Å². The molecule has 0 aliphatic rings. The molecule has 0 aliphatic carbocycles. The molecule has 0 heterocycles. The normalized spacial score (nSPS) is 11.5. The monoisotopic (exact) mass is 396 g/mol. The van der Waals surface area contributed by atoms with Crippen molar-refractivity contribution in [1.29, 1.82) is 0 Å². The van der Waals surface area contributed by atoms with Crippen LogP contribution in [0.1, 0.15) is 0 Å². The summed E-state index contributed by atoms with van der Waals surface area (Å²) < 4.78 is 5.19. The highest BCUT2D eigenvalue weighted by Crippen LogP contribution is 2.25. The largest absolute Gasteiger partial charge is 0.495 e. The Bertz CT molecular complexity index is 799. The third-order valence-corrected chi connectivity index (χ3v) is 4.25. The van der Waals surface area contributed by atoms with Crippen molar-refractivity contribution in [2.24, 2.45) is 0 Å². The summed E-state index contributed by atoms with van der Waals surface area (Å²) >= 11 is 11.8. The fourth-order valence-corrected chi connectivity index (χ4v) is 2.63. The molecule has 6 nitrogen and oxygen atoms in total. The maximum absolute atomic E-state index is 12.2. The van der Waals surface area contributed by atoms with Gasteiger partial charge in [0.1, 0.15) is 5.75 Å². The molecule has 8 heteroatoms. The Morgan fingerprint density at radius 3 is 2.31 bits per heavy atom. The van der Waals surface area contributed by atoms with Gasteiger partial charge in [-0.2, -0.15) is 0 Å². The molecule has 26 heavy (non-hydrogen) atoms. The van der Waals surface area contributed by atoms with Gasteiger partial charge >= 0.3 is 0 Å². The predicted molar refractivity (Wildman–Crippen MR) is 103 cm³/mol. The first-order valence-electron chi connectivity index (χ1n) is 7.88. The number of methoxy groups -OCH3 is 1. The molecule has 0 saturated heterocycles. The molecular formula is C18H20Cl2N3O3+. The number of anilines is 2. The second kappa shape index (κ2) is 9.43. The van der Waals surface area contributed by atoms with Gasteiger partial charge in [0, 0.05) is 5.69 Å². The summed E-state index contributed by atoms with van der Waals surface area (Å²) in [7, 11) is 3.30. The van der Waals surface area contributed by atoms with Gasteiger partial charge in [0.2, 0.25) is 0 Å². The number of benzene rings is 2. The number of ether oxygens (including phenoxy) is 1. The van der Waals surface area contributed by atoms with E-state index in [0.29, 0.717) is 27.2 Å². The number of hydrogen-bond acceptors (Lipinski definition) is 3. The van der Waals surface area contributed by atoms with Crippen LogP contribution in [0, 0.1) is 0 Å². The summed E-state index contributed by atoms with van der Waals surface area (Å²) in [6.07, 6.45) is 0. The van der Waals surface area contributed by atoms with Crippen molar-refractivity contribution in [3.05, 3.63) is 52.5 Å². The number of carbonyl (C=O) groups excluding carboxylic acids is 2. The van der Waals surface area contributed by atoms with Gasteiger partial charge in [0.25, 0.3) is 11.8 Å². The number of amides is 2. The molecule has 0 radical (unpaired) electrons. The summed E-state index contributed by atoms with van der Waals surface area (Å²) in [4.78, 5) is 25.0. The van der Waals surface area contributed by atoms with Gasteiger partial charge in [-0.05, 0) is 30.3 Å². The fraction of sp³-hybridized carbons (Fsp3) is 0.222. The lowest BCUT2D eigenvalue weighted by molar-refractivity contribution is -0.862. The van der Waals surface area contributed by atoms with E-state index in [1.807, 2.05) is 6.07 Å². The lowest BCUT2D eigenvalue weighted by Crippen LogP contribution is -3.11. The van der Waals surface area contributed by atoms with Gasteiger partial charge in [-0.25, -0.2) is 0 Å². The van der Waals surface area contributed by atoms with Crippen LogP contribution in [0.5, 0.6) is 5.75 Å². The minimum atomic E-state index is -0.231. The van der Waals surface area contributed by atoms with Gasteiger partial charge in [-0.3, -0.25) is 9.59 Å². The number of likely N-dealkylation sites (N-methyl/N-ethyl adjacent to an activating group) is 1. The fourth-order valence-electron chi connectivity index (χ4n) is 2.33. The molecule has 0 saturated carbocycles. The predicted octanol–water partition coefficient (Wildman–Crippen LogP) is 2.09. The summed E-state index contributed by atoms with van der Waals surface area (Å²) in [5, 5.41) is 6.29. The zero-order valence-corrected chi connectivity index (χ0v) is 15.9. The Morgan fingerprint density at radius 1 is 1.00 bits per heavy atom. The molecule has 2 aromatic carbocycles. The van der Waals surface area contributed by atoms with E-state index in [1.54, 1.807) is 43.4 Å². The first kappa shape index (κ1) is 20.0. The van der Waals surface area contributed by atoms with Crippen LogP contribution >= 0.6 is 23.2 Å². The molecule has 2 amide bonds. The molecule has 2 rings (SSSR count). The zero-order valence-electron chi connectivity index (χ0n) is 14.4. The third kappa shape index (κ3) is 5.91.